The predicted octanol–water partition coefficient (Wildman–Crippen LogP) is 3.80. The minimum atomic E-state index is -0.396. The summed E-state index contributed by atoms with van der Waals surface area (Å²) in [4.78, 5) is 0. The number of aryl methyl sites for hydroxylation is 1. The van der Waals surface area contributed by atoms with Crippen LogP contribution in [0.2, 0.25) is 0 Å². The molecule has 0 bridgehead atoms. The number of para-hydroxylation sites is 1. The van der Waals surface area contributed by atoms with Gasteiger partial charge in [-0.05, 0) is 54.9 Å². The average molecular weight is 240 g/mol. The second kappa shape index (κ2) is 6.19. The molecule has 16 heavy (non-hydrogen) atoms. The molecule has 0 heterocycles. The van der Waals surface area contributed by atoms with E-state index in [-0.39, 0.29) is 0 Å². The third-order valence-electron chi connectivity index (χ3n) is 2.89. The van der Waals surface area contributed by atoms with Gasteiger partial charge in [0.15, 0.2) is 0 Å². The molecule has 0 aromatic heterocycles. The molecule has 1 aromatic carbocycles. The van der Waals surface area contributed by atoms with Crippen molar-refractivity contribution in [3.63, 3.8) is 0 Å². The van der Waals surface area contributed by atoms with Gasteiger partial charge in [0.05, 0.1) is 0 Å². The number of benzene rings is 1. The normalized spacial score (nSPS) is 12.7. The molecule has 0 amide bonds. The summed E-state index contributed by atoms with van der Waals surface area (Å²) >= 11 is 0. The van der Waals surface area contributed by atoms with Crippen LogP contribution in [0.15, 0.2) is 24.3 Å². The predicted molar refractivity (Wildman–Crippen MR) is 75.9 cm³/mol. The van der Waals surface area contributed by atoms with E-state index >= 15 is 0 Å². The van der Waals surface area contributed by atoms with Gasteiger partial charge in [-0.15, -0.1) is 0 Å². The van der Waals surface area contributed by atoms with Gasteiger partial charge in [-0.1, -0.05) is 25.1 Å². The maximum atomic E-state index is 9.65. The van der Waals surface area contributed by atoms with Crippen molar-refractivity contribution in [3.8, 4) is 5.75 Å². The summed E-state index contributed by atoms with van der Waals surface area (Å²) in [5.74, 6) is 3.13. The monoisotopic (exact) mass is 240 g/mol. The van der Waals surface area contributed by atoms with Crippen molar-refractivity contribution in [2.45, 2.75) is 26.2 Å². The van der Waals surface area contributed by atoms with Crippen molar-refractivity contribution in [3.05, 3.63) is 29.8 Å². The van der Waals surface area contributed by atoms with Gasteiger partial charge in [-0.25, -0.2) is 10.0 Å². The average Bonchev–Trinajstić information content (AvgIpc) is 2.20. The molecule has 2 heteroatoms. The van der Waals surface area contributed by atoms with E-state index in [1.807, 2.05) is 18.2 Å². The molecule has 0 unspecified atom stereocenters. The van der Waals surface area contributed by atoms with E-state index in [4.69, 9.17) is 0 Å². The Morgan fingerprint density at radius 1 is 1.12 bits per heavy atom. The van der Waals surface area contributed by atoms with Crippen LogP contribution in [-0.2, 0) is 6.42 Å². The van der Waals surface area contributed by atoms with Crippen molar-refractivity contribution in [2.24, 2.45) is 0 Å². The lowest BCUT2D eigenvalue weighted by atomic mass is 10.1. The van der Waals surface area contributed by atoms with E-state index in [2.05, 4.69) is 19.4 Å². The smallest absolute Gasteiger partial charge is 0.118 e. The fourth-order valence-corrected chi connectivity index (χ4v) is 4.27. The van der Waals surface area contributed by atoms with E-state index in [9.17, 15) is 5.11 Å². The third-order valence-corrected chi connectivity index (χ3v) is 5.80. The minimum absolute atomic E-state index is 0.396. The number of phenols is 1. The first kappa shape index (κ1) is 13.4. The molecule has 1 N–H and O–H groups in total. The zero-order valence-corrected chi connectivity index (χ0v) is 11.5. The molecule has 0 aliphatic rings. The van der Waals surface area contributed by atoms with Gasteiger partial charge >= 0.3 is 0 Å². The van der Waals surface area contributed by atoms with Crippen LogP contribution in [0.25, 0.3) is 0 Å². The third kappa shape index (κ3) is 4.48. The summed E-state index contributed by atoms with van der Waals surface area (Å²) in [5, 5.41) is 9.65. The van der Waals surface area contributed by atoms with Gasteiger partial charge in [0.25, 0.3) is 0 Å². The zero-order valence-electron chi connectivity index (χ0n) is 10.7. The molecule has 0 atom stereocenters. The van der Waals surface area contributed by atoms with Crippen molar-refractivity contribution < 1.29 is 5.11 Å². The standard InChI is InChI=1S/C14H24OS/c1-4-11-16(2,3)12-7-9-13-8-5-6-10-14(13)15/h5-6,8,10,15H,4,7,9,11-12H2,1-3H3. The van der Waals surface area contributed by atoms with Crippen molar-refractivity contribution in [1.82, 2.24) is 0 Å². The SMILES string of the molecule is CCCS(C)(C)CCCc1ccccc1O. The van der Waals surface area contributed by atoms with E-state index in [1.54, 1.807) is 6.07 Å². The molecular formula is C14H24OS. The van der Waals surface area contributed by atoms with Gasteiger partial charge in [0.1, 0.15) is 5.75 Å². The Morgan fingerprint density at radius 3 is 2.44 bits per heavy atom. The molecule has 1 aromatic rings. The first-order chi connectivity index (χ1) is 7.55. The van der Waals surface area contributed by atoms with Crippen LogP contribution in [0.1, 0.15) is 25.3 Å². The summed E-state index contributed by atoms with van der Waals surface area (Å²) in [6.07, 6.45) is 8.33. The molecule has 0 saturated heterocycles. The Balaban J connectivity index is 2.39. The fraction of sp³-hybridized carbons (Fsp3) is 0.571. The molecule has 1 nitrogen and oxygen atoms in total. The topological polar surface area (TPSA) is 20.2 Å². The van der Waals surface area contributed by atoms with Gasteiger partial charge in [-0.3, -0.25) is 0 Å². The Hall–Kier alpha value is -0.630. The van der Waals surface area contributed by atoms with Gasteiger partial charge in [0.2, 0.25) is 0 Å². The van der Waals surface area contributed by atoms with E-state index in [1.165, 1.54) is 24.3 Å². The summed E-state index contributed by atoms with van der Waals surface area (Å²) < 4.78 is 0. The number of phenolic OH excluding ortho intramolecular Hbond substituents is 1. The molecule has 92 valence electrons. The molecule has 0 radical (unpaired) electrons. The van der Waals surface area contributed by atoms with Crippen molar-refractivity contribution in [1.29, 1.82) is 0 Å². The summed E-state index contributed by atoms with van der Waals surface area (Å²) in [6, 6.07) is 7.68. The Labute approximate surface area is 101 Å². The quantitative estimate of drug-likeness (QED) is 0.802. The lowest BCUT2D eigenvalue weighted by molar-refractivity contribution is 0.467. The number of aromatic hydroxyl groups is 1. The van der Waals surface area contributed by atoms with Crippen LogP contribution >= 0.6 is 10.0 Å². The van der Waals surface area contributed by atoms with E-state index in [0.29, 0.717) is 5.75 Å². The number of hydrogen-bond acceptors (Lipinski definition) is 1. The van der Waals surface area contributed by atoms with Crippen LogP contribution in [0.3, 0.4) is 0 Å². The van der Waals surface area contributed by atoms with Crippen LogP contribution < -0.4 is 0 Å². The number of rotatable bonds is 6. The summed E-state index contributed by atoms with van der Waals surface area (Å²) in [7, 11) is -0.396. The highest BCUT2D eigenvalue weighted by Crippen LogP contribution is 2.41. The fourth-order valence-electron chi connectivity index (χ4n) is 2.03. The van der Waals surface area contributed by atoms with E-state index in [0.717, 1.165) is 12.0 Å². The van der Waals surface area contributed by atoms with Crippen LogP contribution in [-0.4, -0.2) is 29.1 Å². The molecule has 1 rings (SSSR count). The highest BCUT2D eigenvalue weighted by Gasteiger charge is 2.10. The zero-order chi connectivity index (χ0) is 12.0. The second-order valence-electron chi connectivity index (χ2n) is 4.91. The van der Waals surface area contributed by atoms with Gasteiger partial charge in [0, 0.05) is 0 Å². The Morgan fingerprint density at radius 2 is 1.81 bits per heavy atom. The number of hydrogen-bond donors (Lipinski definition) is 1. The van der Waals surface area contributed by atoms with Crippen LogP contribution in [0.5, 0.6) is 5.75 Å². The first-order valence-electron chi connectivity index (χ1n) is 6.01. The molecular weight excluding hydrogens is 216 g/mol. The van der Waals surface area contributed by atoms with Crippen LogP contribution in [0.4, 0.5) is 0 Å². The van der Waals surface area contributed by atoms with Crippen molar-refractivity contribution >= 4 is 10.0 Å². The highest BCUT2D eigenvalue weighted by molar-refractivity contribution is 8.32. The molecule has 0 spiro atoms. The lowest BCUT2D eigenvalue weighted by Gasteiger charge is -2.30. The van der Waals surface area contributed by atoms with Gasteiger partial charge < -0.3 is 5.11 Å². The maximum absolute atomic E-state index is 9.65. The molecule has 0 saturated carbocycles. The minimum Gasteiger partial charge on any atom is -0.508 e. The highest BCUT2D eigenvalue weighted by atomic mass is 32.3. The molecule has 0 aliphatic heterocycles. The van der Waals surface area contributed by atoms with Gasteiger partial charge in [-0.2, -0.15) is 0 Å². The molecule has 0 fully saturated rings. The maximum Gasteiger partial charge on any atom is 0.118 e. The van der Waals surface area contributed by atoms with E-state index < -0.39 is 10.0 Å². The summed E-state index contributed by atoms with van der Waals surface area (Å²) in [6.45, 7) is 2.26. The Bertz CT molecular complexity index is 320. The van der Waals surface area contributed by atoms with Crippen LogP contribution in [0, 0.1) is 0 Å². The largest absolute Gasteiger partial charge is 0.508 e. The first-order valence-corrected chi connectivity index (χ1v) is 8.79. The molecule has 0 aliphatic carbocycles. The Kier molecular flexibility index (Phi) is 5.20. The summed E-state index contributed by atoms with van der Waals surface area (Å²) in [5.41, 5.74) is 1.09. The second-order valence-corrected chi connectivity index (χ2v) is 9.26. The van der Waals surface area contributed by atoms with Crippen molar-refractivity contribution in [2.75, 3.05) is 24.0 Å². The lowest BCUT2D eigenvalue weighted by Crippen LogP contribution is -2.06.